The van der Waals surface area contributed by atoms with Gasteiger partial charge < -0.3 is 0 Å². The molecule has 0 saturated heterocycles. The fourth-order valence-corrected chi connectivity index (χ4v) is 7.78. The van der Waals surface area contributed by atoms with E-state index in [0.717, 1.165) is 55.2 Å². The van der Waals surface area contributed by atoms with E-state index >= 15 is 0 Å². The van der Waals surface area contributed by atoms with Gasteiger partial charge >= 0.3 is 0 Å². The molecule has 0 atom stereocenters. The second-order valence-electron chi connectivity index (χ2n) is 10.8. The quantitative estimate of drug-likeness (QED) is 0.193. The molecule has 0 aliphatic rings. The van der Waals surface area contributed by atoms with Crippen LogP contribution in [-0.4, -0.2) is 9.55 Å². The number of thiophene rings is 1. The zero-order valence-electron chi connectivity index (χ0n) is 28.2. The molecular weight excluding hydrogens is 541 g/mol. The summed E-state index contributed by atoms with van der Waals surface area (Å²) in [6.07, 6.45) is 0. The molecule has 2 nitrogen and oxygen atoms in total. The third-order valence-electron chi connectivity index (χ3n) is 8.41. The van der Waals surface area contributed by atoms with Crippen molar-refractivity contribution in [3.05, 3.63) is 145 Å². The highest BCUT2D eigenvalue weighted by Crippen LogP contribution is 2.47. The van der Waals surface area contributed by atoms with Crippen molar-refractivity contribution in [1.29, 1.82) is 0 Å². The number of aromatic nitrogens is 2. The zero-order chi connectivity index (χ0) is 32.8. The van der Waals surface area contributed by atoms with Gasteiger partial charge in [0.05, 0.1) is 23.6 Å². The Hall–Kier alpha value is -5.25. The Morgan fingerprint density at radius 3 is 2.23 bits per heavy atom. The Morgan fingerprint density at radius 1 is 0.628 bits per heavy atom. The molecule has 3 heteroatoms. The van der Waals surface area contributed by atoms with Gasteiger partial charge in [0.2, 0.25) is 0 Å². The number of benzene rings is 7. The van der Waals surface area contributed by atoms with Crippen LogP contribution in [0.25, 0.3) is 80.7 Å². The Kier molecular flexibility index (Phi) is 4.32. The van der Waals surface area contributed by atoms with Crippen LogP contribution in [0.2, 0.25) is 0 Å². The van der Waals surface area contributed by atoms with Gasteiger partial charge in [-0.2, -0.15) is 0 Å². The maximum Gasteiger partial charge on any atom is 0.111 e. The summed E-state index contributed by atoms with van der Waals surface area (Å²) >= 11 is 1.77. The highest BCUT2D eigenvalue weighted by Gasteiger charge is 2.22. The van der Waals surface area contributed by atoms with E-state index in [0.29, 0.717) is 5.56 Å². The minimum Gasteiger partial charge on any atom is -0.295 e. The first-order valence-corrected chi connectivity index (χ1v) is 15.1. The van der Waals surface area contributed by atoms with Crippen molar-refractivity contribution in [2.24, 2.45) is 0 Å². The average molecular weight is 572 g/mol. The first-order chi connectivity index (χ1) is 23.3. The maximum atomic E-state index is 8.80. The Bertz CT molecular complexity index is 2790. The van der Waals surface area contributed by atoms with Crippen LogP contribution in [0, 0.1) is 6.92 Å². The molecule has 2 heterocycles. The fraction of sp³-hybridized carbons (Fsp3) is 0.0250. The molecule has 0 aliphatic carbocycles. The number of hydrogen-bond acceptors (Lipinski definition) is 2. The van der Waals surface area contributed by atoms with Crippen LogP contribution in [0.5, 0.6) is 0 Å². The van der Waals surface area contributed by atoms with E-state index in [1.54, 1.807) is 11.3 Å². The summed E-state index contributed by atoms with van der Waals surface area (Å²) in [5.41, 5.74) is 5.77. The lowest BCUT2D eigenvalue weighted by molar-refractivity contribution is 1.02. The number of aryl methyl sites for hydroxylation is 1. The largest absolute Gasteiger partial charge is 0.295 e. The van der Waals surface area contributed by atoms with Gasteiger partial charge in [-0.3, -0.25) is 4.57 Å². The molecule has 2 aromatic heterocycles. The molecule has 202 valence electrons. The molecule has 43 heavy (non-hydrogen) atoms. The zero-order valence-corrected chi connectivity index (χ0v) is 24.0. The second kappa shape index (κ2) is 9.38. The summed E-state index contributed by atoms with van der Waals surface area (Å²) in [4.78, 5) is 4.92. The molecule has 0 radical (unpaired) electrons. The molecule has 0 fully saturated rings. The van der Waals surface area contributed by atoms with Gasteiger partial charge in [-0.25, -0.2) is 4.98 Å². The lowest BCUT2D eigenvalue weighted by Gasteiger charge is -2.20. The monoisotopic (exact) mass is 571 g/mol. The summed E-state index contributed by atoms with van der Waals surface area (Å²) in [5, 5.41) is 6.38. The van der Waals surface area contributed by atoms with Gasteiger partial charge in [-0.15, -0.1) is 11.3 Å². The highest BCUT2D eigenvalue weighted by atomic mass is 32.1. The van der Waals surface area contributed by atoms with Crippen LogP contribution in [0.15, 0.2) is 139 Å². The molecule has 9 rings (SSSR count). The van der Waals surface area contributed by atoms with Crippen LogP contribution in [0.1, 0.15) is 12.7 Å². The summed E-state index contributed by atoms with van der Waals surface area (Å²) in [6.45, 7) is 2.02. The summed E-state index contributed by atoms with van der Waals surface area (Å²) in [6, 6.07) is 35.9. The van der Waals surface area contributed by atoms with E-state index in [1.807, 2.05) is 43.3 Å². The second-order valence-corrected chi connectivity index (χ2v) is 11.9. The normalized spacial score (nSPS) is 13.5. The van der Waals surface area contributed by atoms with Crippen LogP contribution in [0.3, 0.4) is 0 Å². The number of nitrogens with zero attached hydrogens (tertiary/aromatic N) is 2. The van der Waals surface area contributed by atoms with Crippen LogP contribution in [0.4, 0.5) is 0 Å². The van der Waals surface area contributed by atoms with Crippen molar-refractivity contribution in [2.75, 3.05) is 0 Å². The number of rotatable bonds is 3. The first kappa shape index (κ1) is 19.8. The van der Waals surface area contributed by atoms with Gasteiger partial charge in [-0.05, 0) is 70.3 Å². The van der Waals surface area contributed by atoms with Crippen molar-refractivity contribution in [1.82, 2.24) is 9.55 Å². The SMILES string of the molecule is [2H]c1c([2H])c([2H])c(-c2ccc3c(-n4c(C)nc5ccccc54)c4ccccc4c(-c4cccc5sc6ccccc6c45)c3c2)c([2H])c1[2H]. The molecule has 0 bridgehead atoms. The van der Waals surface area contributed by atoms with Crippen molar-refractivity contribution in [2.45, 2.75) is 6.92 Å². The predicted molar refractivity (Wildman–Crippen MR) is 185 cm³/mol. The van der Waals surface area contributed by atoms with E-state index in [2.05, 4.69) is 77.4 Å². The van der Waals surface area contributed by atoms with Crippen molar-refractivity contribution >= 4 is 64.1 Å². The molecule has 0 spiro atoms. The third kappa shape index (κ3) is 3.62. The van der Waals surface area contributed by atoms with E-state index in [4.69, 9.17) is 11.8 Å². The predicted octanol–water partition coefficient (Wildman–Crippen LogP) is 11.3. The molecule has 0 unspecified atom stereocenters. The molecular formula is C40H26N2S. The van der Waals surface area contributed by atoms with Crippen molar-refractivity contribution in [3.63, 3.8) is 0 Å². The third-order valence-corrected chi connectivity index (χ3v) is 9.54. The summed E-state index contributed by atoms with van der Waals surface area (Å²) in [7, 11) is 0. The van der Waals surface area contributed by atoms with Gasteiger partial charge in [0.1, 0.15) is 5.82 Å². The van der Waals surface area contributed by atoms with Gasteiger partial charge in [0, 0.05) is 30.9 Å². The molecule has 0 aliphatic heterocycles. The number of imidazole rings is 1. The molecule has 0 amide bonds. The number of hydrogen-bond donors (Lipinski definition) is 0. The average Bonchev–Trinajstić information content (AvgIpc) is 3.66. The first-order valence-electron chi connectivity index (χ1n) is 16.7. The topological polar surface area (TPSA) is 17.8 Å². The smallest absolute Gasteiger partial charge is 0.111 e. The molecule has 0 N–H and O–H groups in total. The standard InChI is InChI=1S/C40H26N2S/c1-25-41-34-18-8-9-19-35(34)42(25)40-29-15-6-5-14-28(29)38(33-24-27(22-23-30(33)40)26-12-3-2-4-13-26)32-17-11-21-37-39(32)31-16-7-10-20-36(31)43-37/h2-24H,1H3/i2D,3D,4D,12D,13D. The fourth-order valence-electron chi connectivity index (χ4n) is 6.65. The molecule has 0 saturated carbocycles. The summed E-state index contributed by atoms with van der Waals surface area (Å²) in [5.74, 6) is 0.857. The Morgan fingerprint density at radius 2 is 1.35 bits per heavy atom. The van der Waals surface area contributed by atoms with Crippen molar-refractivity contribution < 1.29 is 6.85 Å². The lowest BCUT2D eigenvalue weighted by Crippen LogP contribution is -2.01. The van der Waals surface area contributed by atoms with Gasteiger partial charge in [-0.1, -0.05) is 109 Å². The minimum atomic E-state index is -0.401. The Balaban J connectivity index is 1.50. The van der Waals surface area contributed by atoms with E-state index in [1.165, 1.54) is 20.2 Å². The highest BCUT2D eigenvalue weighted by molar-refractivity contribution is 7.25. The molecule has 7 aromatic carbocycles. The van der Waals surface area contributed by atoms with Crippen molar-refractivity contribution in [3.8, 4) is 27.9 Å². The number of para-hydroxylation sites is 2. The summed E-state index contributed by atoms with van der Waals surface area (Å²) < 4.78 is 47.2. The van der Waals surface area contributed by atoms with Crippen LogP contribution in [-0.2, 0) is 0 Å². The minimum absolute atomic E-state index is 0.187. The number of fused-ring (bicyclic) bond motifs is 6. The van der Waals surface area contributed by atoms with Crippen LogP contribution < -0.4 is 0 Å². The van der Waals surface area contributed by atoms with Crippen LogP contribution >= 0.6 is 11.3 Å². The van der Waals surface area contributed by atoms with E-state index in [-0.39, 0.29) is 29.7 Å². The van der Waals surface area contributed by atoms with Gasteiger partial charge in [0.15, 0.2) is 0 Å². The maximum absolute atomic E-state index is 8.80. The van der Waals surface area contributed by atoms with Gasteiger partial charge in [0.25, 0.3) is 0 Å². The molecule has 9 aromatic rings. The van der Waals surface area contributed by atoms with E-state index < -0.39 is 6.04 Å². The Labute approximate surface area is 260 Å². The van der Waals surface area contributed by atoms with E-state index in [9.17, 15) is 0 Å². The lowest BCUT2D eigenvalue weighted by atomic mass is 9.87.